The smallest absolute Gasteiger partial charge is 0.342 e. The van der Waals surface area contributed by atoms with Crippen molar-refractivity contribution in [1.82, 2.24) is 9.55 Å². The Balaban J connectivity index is 2.08. The van der Waals surface area contributed by atoms with E-state index in [0.29, 0.717) is 23.6 Å². The highest BCUT2D eigenvalue weighted by atomic mass is 16.5. The topological polar surface area (TPSA) is 70.1 Å². The Morgan fingerprint density at radius 3 is 2.54 bits per heavy atom. The Morgan fingerprint density at radius 2 is 1.88 bits per heavy atom. The number of aryl methyl sites for hydroxylation is 4. The van der Waals surface area contributed by atoms with Gasteiger partial charge < -0.3 is 15.0 Å². The van der Waals surface area contributed by atoms with Gasteiger partial charge in [-0.15, -0.1) is 0 Å². The van der Waals surface area contributed by atoms with Crippen LogP contribution in [-0.2, 0) is 17.7 Å². The van der Waals surface area contributed by atoms with Crippen molar-refractivity contribution in [3.8, 4) is 0 Å². The van der Waals surface area contributed by atoms with Gasteiger partial charge in [0.1, 0.15) is 11.2 Å². The third-order valence-corrected chi connectivity index (χ3v) is 4.92. The van der Waals surface area contributed by atoms with Crippen LogP contribution in [0.5, 0.6) is 0 Å². The van der Waals surface area contributed by atoms with Crippen LogP contribution in [0.25, 0.3) is 11.0 Å². The maximum atomic E-state index is 12.3. The second-order valence-electron chi connectivity index (χ2n) is 6.50. The van der Waals surface area contributed by atoms with E-state index in [1.807, 2.05) is 25.1 Å². The van der Waals surface area contributed by atoms with Gasteiger partial charge in [-0.3, -0.25) is 0 Å². The standard InChI is InChI=1S/C21H25N3O2/c1-5-26-21(25)18-14(3)23-20-17(19(18)22)13(2)15(4)24(20)12-11-16-9-7-6-8-10-16/h6-10H,5,11-12H2,1-4H3,(H2,22,23). The van der Waals surface area contributed by atoms with Gasteiger partial charge in [0.25, 0.3) is 0 Å². The van der Waals surface area contributed by atoms with Crippen molar-refractivity contribution in [3.63, 3.8) is 0 Å². The monoisotopic (exact) mass is 351 g/mol. The fourth-order valence-corrected chi connectivity index (χ4v) is 3.44. The molecule has 0 aliphatic rings. The fraction of sp³-hybridized carbons (Fsp3) is 0.333. The van der Waals surface area contributed by atoms with E-state index in [-0.39, 0.29) is 0 Å². The maximum Gasteiger partial charge on any atom is 0.342 e. The van der Waals surface area contributed by atoms with Gasteiger partial charge in [0.05, 0.1) is 18.0 Å². The van der Waals surface area contributed by atoms with Crippen molar-refractivity contribution in [2.75, 3.05) is 12.3 Å². The molecular weight excluding hydrogens is 326 g/mol. The molecule has 3 aromatic rings. The highest BCUT2D eigenvalue weighted by Gasteiger charge is 2.23. The van der Waals surface area contributed by atoms with E-state index in [1.165, 1.54) is 5.56 Å². The highest BCUT2D eigenvalue weighted by Crippen LogP contribution is 2.33. The van der Waals surface area contributed by atoms with E-state index < -0.39 is 5.97 Å². The maximum absolute atomic E-state index is 12.3. The summed E-state index contributed by atoms with van der Waals surface area (Å²) in [5.41, 5.74) is 12.1. The number of fused-ring (bicyclic) bond motifs is 1. The number of rotatable bonds is 5. The Kier molecular flexibility index (Phi) is 4.98. The van der Waals surface area contributed by atoms with Crippen LogP contribution in [-0.4, -0.2) is 22.1 Å². The molecule has 0 saturated heterocycles. The minimum atomic E-state index is -0.411. The van der Waals surface area contributed by atoms with Gasteiger partial charge in [0, 0.05) is 17.6 Å². The Morgan fingerprint density at radius 1 is 1.19 bits per heavy atom. The lowest BCUT2D eigenvalue weighted by Gasteiger charge is -2.12. The SMILES string of the molecule is CCOC(=O)c1c(C)nc2c(c(C)c(C)n2CCc2ccccc2)c1N. The lowest BCUT2D eigenvalue weighted by atomic mass is 10.1. The Bertz CT molecular complexity index is 959. The molecule has 2 aromatic heterocycles. The lowest BCUT2D eigenvalue weighted by molar-refractivity contribution is 0.0526. The highest BCUT2D eigenvalue weighted by molar-refractivity contribution is 6.06. The van der Waals surface area contributed by atoms with Crippen molar-refractivity contribution < 1.29 is 9.53 Å². The molecule has 0 atom stereocenters. The zero-order valence-corrected chi connectivity index (χ0v) is 15.8. The summed E-state index contributed by atoms with van der Waals surface area (Å²) < 4.78 is 7.35. The molecule has 0 aliphatic carbocycles. The van der Waals surface area contributed by atoms with Crippen LogP contribution in [0.2, 0.25) is 0 Å². The number of nitrogens with zero attached hydrogens (tertiary/aromatic N) is 2. The van der Waals surface area contributed by atoms with Crippen molar-refractivity contribution in [2.24, 2.45) is 0 Å². The number of hydrogen-bond acceptors (Lipinski definition) is 4. The van der Waals surface area contributed by atoms with Crippen LogP contribution in [0.15, 0.2) is 30.3 Å². The largest absolute Gasteiger partial charge is 0.462 e. The molecular formula is C21H25N3O2. The second kappa shape index (κ2) is 7.20. The van der Waals surface area contributed by atoms with Crippen molar-refractivity contribution in [2.45, 2.75) is 40.7 Å². The molecule has 0 unspecified atom stereocenters. The van der Waals surface area contributed by atoms with Crippen molar-refractivity contribution >= 4 is 22.7 Å². The average Bonchev–Trinajstić information content (AvgIpc) is 2.85. The molecule has 0 fully saturated rings. The van der Waals surface area contributed by atoms with E-state index in [9.17, 15) is 4.79 Å². The minimum absolute atomic E-state index is 0.311. The van der Waals surface area contributed by atoms with E-state index >= 15 is 0 Å². The minimum Gasteiger partial charge on any atom is -0.462 e. The molecule has 0 amide bonds. The van der Waals surface area contributed by atoms with Gasteiger partial charge in [-0.25, -0.2) is 9.78 Å². The molecule has 2 N–H and O–H groups in total. The van der Waals surface area contributed by atoms with Crippen LogP contribution < -0.4 is 5.73 Å². The van der Waals surface area contributed by atoms with Gasteiger partial charge in [-0.2, -0.15) is 0 Å². The third-order valence-electron chi connectivity index (χ3n) is 4.92. The molecule has 136 valence electrons. The van der Waals surface area contributed by atoms with Crippen molar-refractivity contribution in [3.05, 3.63) is 58.4 Å². The van der Waals surface area contributed by atoms with Gasteiger partial charge >= 0.3 is 5.97 Å². The van der Waals surface area contributed by atoms with E-state index in [0.717, 1.165) is 35.3 Å². The number of nitrogens with two attached hydrogens (primary N) is 1. The molecule has 3 rings (SSSR count). The van der Waals surface area contributed by atoms with Crippen LogP contribution in [0, 0.1) is 20.8 Å². The summed E-state index contributed by atoms with van der Waals surface area (Å²) in [6.45, 7) is 8.81. The molecule has 0 saturated carbocycles. The quantitative estimate of drug-likeness (QED) is 0.706. The summed E-state index contributed by atoms with van der Waals surface area (Å²) in [6, 6.07) is 10.4. The number of nitrogen functional groups attached to an aromatic ring is 1. The van der Waals surface area contributed by atoms with E-state index in [4.69, 9.17) is 15.5 Å². The zero-order chi connectivity index (χ0) is 18.8. The van der Waals surface area contributed by atoms with Crippen LogP contribution in [0.4, 0.5) is 5.69 Å². The van der Waals surface area contributed by atoms with Gasteiger partial charge in [0.15, 0.2) is 0 Å². The second-order valence-corrected chi connectivity index (χ2v) is 6.50. The normalized spacial score (nSPS) is 11.1. The summed E-state index contributed by atoms with van der Waals surface area (Å²) in [5, 5.41) is 0.851. The van der Waals surface area contributed by atoms with E-state index in [2.05, 4.69) is 23.6 Å². The Labute approximate surface area is 153 Å². The van der Waals surface area contributed by atoms with Crippen LogP contribution in [0.1, 0.15) is 39.8 Å². The van der Waals surface area contributed by atoms with Gasteiger partial charge in [-0.05, 0) is 45.2 Å². The number of aromatic nitrogens is 2. The first-order valence-corrected chi connectivity index (χ1v) is 8.92. The summed E-state index contributed by atoms with van der Waals surface area (Å²) in [7, 11) is 0. The predicted molar refractivity (Wildman–Crippen MR) is 104 cm³/mol. The lowest BCUT2D eigenvalue weighted by Crippen LogP contribution is -2.12. The first kappa shape index (κ1) is 18.0. The molecule has 0 radical (unpaired) electrons. The molecule has 0 aliphatic heterocycles. The summed E-state index contributed by atoms with van der Waals surface area (Å²) in [6.07, 6.45) is 0.908. The summed E-state index contributed by atoms with van der Waals surface area (Å²) in [4.78, 5) is 17.0. The number of hydrogen-bond donors (Lipinski definition) is 1. The van der Waals surface area contributed by atoms with Gasteiger partial charge in [-0.1, -0.05) is 30.3 Å². The molecule has 26 heavy (non-hydrogen) atoms. The molecule has 5 heteroatoms. The number of carbonyl (C=O) groups is 1. The van der Waals surface area contributed by atoms with Crippen LogP contribution in [0.3, 0.4) is 0 Å². The number of benzene rings is 1. The van der Waals surface area contributed by atoms with Crippen molar-refractivity contribution in [1.29, 1.82) is 0 Å². The van der Waals surface area contributed by atoms with Crippen LogP contribution >= 0.6 is 0 Å². The summed E-state index contributed by atoms with van der Waals surface area (Å²) in [5.74, 6) is -0.411. The molecule has 5 nitrogen and oxygen atoms in total. The fourth-order valence-electron chi connectivity index (χ4n) is 3.44. The van der Waals surface area contributed by atoms with Gasteiger partial charge in [0.2, 0.25) is 0 Å². The average molecular weight is 351 g/mol. The number of anilines is 1. The number of ether oxygens (including phenoxy) is 1. The first-order chi connectivity index (χ1) is 12.5. The third kappa shape index (κ3) is 3.05. The molecule has 0 bridgehead atoms. The molecule has 0 spiro atoms. The Hall–Kier alpha value is -2.82. The molecule has 1 aromatic carbocycles. The number of carbonyl (C=O) groups excluding carboxylic acids is 1. The number of esters is 1. The zero-order valence-electron chi connectivity index (χ0n) is 15.8. The summed E-state index contributed by atoms with van der Waals surface area (Å²) >= 11 is 0. The predicted octanol–water partition coefficient (Wildman–Crippen LogP) is 3.96. The molecule has 2 heterocycles. The number of pyridine rings is 1. The first-order valence-electron chi connectivity index (χ1n) is 8.92. The van der Waals surface area contributed by atoms with E-state index in [1.54, 1.807) is 13.8 Å².